The van der Waals surface area contributed by atoms with E-state index in [9.17, 15) is 9.59 Å². The van der Waals surface area contributed by atoms with E-state index in [0.29, 0.717) is 12.5 Å². The van der Waals surface area contributed by atoms with Crippen molar-refractivity contribution >= 4 is 23.4 Å². The summed E-state index contributed by atoms with van der Waals surface area (Å²) in [5.41, 5.74) is 0.670. The number of hydrogen-bond acceptors (Lipinski definition) is 2. The quantitative estimate of drug-likeness (QED) is 0.798. The number of halogens is 1. The fourth-order valence-corrected chi connectivity index (χ4v) is 2.29. The average Bonchev–Trinajstić information content (AvgIpc) is 3.05. The molecule has 1 heterocycles. The lowest BCUT2D eigenvalue weighted by Gasteiger charge is -2.39. The first-order chi connectivity index (χ1) is 7.58. The molecule has 0 spiro atoms. The molecule has 16 heavy (non-hydrogen) atoms. The van der Waals surface area contributed by atoms with Crippen LogP contribution >= 0.6 is 11.6 Å². The molecule has 1 saturated heterocycles. The number of carbonyl (C=O) groups excluding carboxylic acids is 2. The van der Waals surface area contributed by atoms with Crippen molar-refractivity contribution in [3.63, 3.8) is 0 Å². The molecule has 0 radical (unpaired) electrons. The van der Waals surface area contributed by atoms with E-state index in [2.05, 4.69) is 5.32 Å². The second-order valence-corrected chi connectivity index (χ2v) is 4.82. The van der Waals surface area contributed by atoms with Crippen LogP contribution in [0.3, 0.4) is 0 Å². The van der Waals surface area contributed by atoms with Crippen LogP contribution in [0.25, 0.3) is 0 Å². The van der Waals surface area contributed by atoms with E-state index in [1.165, 1.54) is 5.54 Å². The van der Waals surface area contributed by atoms with Gasteiger partial charge in [-0.1, -0.05) is 17.7 Å². The normalized spacial score (nSPS) is 31.0. The minimum Gasteiger partial charge on any atom is -0.340 e. The Hall–Kier alpha value is -1.03. The predicted molar refractivity (Wildman–Crippen MR) is 60.8 cm³/mol. The van der Waals surface area contributed by atoms with Gasteiger partial charge in [-0.2, -0.15) is 0 Å². The van der Waals surface area contributed by atoms with Crippen LogP contribution in [0.2, 0.25) is 0 Å². The number of rotatable bonds is 3. The third-order valence-corrected chi connectivity index (χ3v) is 3.45. The van der Waals surface area contributed by atoms with Crippen molar-refractivity contribution in [1.82, 2.24) is 10.2 Å². The summed E-state index contributed by atoms with van der Waals surface area (Å²) >= 11 is 5.43. The highest BCUT2D eigenvalue weighted by Crippen LogP contribution is 2.41. The summed E-state index contributed by atoms with van der Waals surface area (Å²) in [5.74, 6) is 0.216. The summed E-state index contributed by atoms with van der Waals surface area (Å²) in [6.07, 6.45) is 3.70. The summed E-state index contributed by atoms with van der Waals surface area (Å²) in [6.45, 7) is 2.35. The largest absolute Gasteiger partial charge is 0.340 e. The SMILES string of the molecule is CC1(C2CC2)NC(=O)CN(C/C=C/Cl)C1=O. The lowest BCUT2D eigenvalue weighted by Crippen LogP contribution is -2.66. The number of carbonyl (C=O) groups is 2. The van der Waals surface area contributed by atoms with E-state index in [0.717, 1.165) is 12.8 Å². The molecule has 1 atom stereocenters. The second kappa shape index (κ2) is 4.09. The predicted octanol–water partition coefficient (Wildman–Crippen LogP) is 0.866. The fraction of sp³-hybridized carbons (Fsp3) is 0.636. The zero-order chi connectivity index (χ0) is 11.8. The first-order valence-electron chi connectivity index (χ1n) is 5.43. The van der Waals surface area contributed by atoms with Crippen LogP contribution in [0, 0.1) is 5.92 Å². The van der Waals surface area contributed by atoms with Gasteiger partial charge in [-0.05, 0) is 25.7 Å². The highest BCUT2D eigenvalue weighted by Gasteiger charge is 2.52. The van der Waals surface area contributed by atoms with Crippen molar-refractivity contribution in [1.29, 1.82) is 0 Å². The van der Waals surface area contributed by atoms with Crippen LogP contribution in [0.1, 0.15) is 19.8 Å². The monoisotopic (exact) mass is 242 g/mol. The Balaban J connectivity index is 2.15. The molecule has 1 aliphatic carbocycles. The van der Waals surface area contributed by atoms with Gasteiger partial charge in [0.05, 0.1) is 6.54 Å². The maximum atomic E-state index is 12.2. The van der Waals surface area contributed by atoms with E-state index < -0.39 is 5.54 Å². The Morgan fingerprint density at radius 3 is 2.81 bits per heavy atom. The second-order valence-electron chi connectivity index (χ2n) is 4.57. The molecule has 2 amide bonds. The molecular formula is C11H15ClN2O2. The molecule has 1 unspecified atom stereocenters. The minimum atomic E-state index is -0.699. The summed E-state index contributed by atoms with van der Waals surface area (Å²) < 4.78 is 0. The van der Waals surface area contributed by atoms with Crippen LogP contribution in [-0.4, -0.2) is 35.3 Å². The molecule has 1 aliphatic heterocycles. The summed E-state index contributed by atoms with van der Waals surface area (Å²) in [6, 6.07) is 0. The molecule has 1 N–H and O–H groups in total. The lowest BCUT2D eigenvalue weighted by atomic mass is 9.91. The lowest BCUT2D eigenvalue weighted by molar-refractivity contribution is -0.149. The average molecular weight is 243 g/mol. The van der Waals surface area contributed by atoms with Gasteiger partial charge >= 0.3 is 0 Å². The molecule has 0 aromatic rings. The number of hydrogen-bond donors (Lipinski definition) is 1. The van der Waals surface area contributed by atoms with Gasteiger partial charge in [0.2, 0.25) is 11.8 Å². The Kier molecular flexibility index (Phi) is 2.93. The van der Waals surface area contributed by atoms with E-state index >= 15 is 0 Å². The van der Waals surface area contributed by atoms with Gasteiger partial charge in [0.1, 0.15) is 5.54 Å². The summed E-state index contributed by atoms with van der Waals surface area (Å²) in [7, 11) is 0. The van der Waals surface area contributed by atoms with Crippen molar-refractivity contribution in [2.75, 3.05) is 13.1 Å². The molecule has 88 valence electrons. The van der Waals surface area contributed by atoms with Crippen LogP contribution in [0.15, 0.2) is 11.6 Å². The van der Waals surface area contributed by atoms with Crippen LogP contribution < -0.4 is 5.32 Å². The third-order valence-electron chi connectivity index (χ3n) is 3.27. The Morgan fingerprint density at radius 1 is 1.56 bits per heavy atom. The van der Waals surface area contributed by atoms with Crippen molar-refractivity contribution in [2.45, 2.75) is 25.3 Å². The van der Waals surface area contributed by atoms with Gasteiger partial charge in [-0.3, -0.25) is 9.59 Å². The molecule has 2 aliphatic rings. The molecule has 2 rings (SSSR count). The molecule has 0 aromatic carbocycles. The highest BCUT2D eigenvalue weighted by molar-refractivity contribution is 6.25. The Labute approximate surface area is 99.6 Å². The molecule has 0 bridgehead atoms. The van der Waals surface area contributed by atoms with Gasteiger partial charge in [0.15, 0.2) is 0 Å². The number of nitrogens with one attached hydrogen (secondary N) is 1. The van der Waals surface area contributed by atoms with Crippen LogP contribution in [0.4, 0.5) is 0 Å². The number of amides is 2. The van der Waals surface area contributed by atoms with Gasteiger partial charge in [-0.15, -0.1) is 0 Å². The van der Waals surface area contributed by atoms with Crippen molar-refractivity contribution in [3.8, 4) is 0 Å². The fourth-order valence-electron chi connectivity index (χ4n) is 2.21. The zero-order valence-corrected chi connectivity index (χ0v) is 9.96. The molecule has 0 aromatic heterocycles. The molecule has 2 fully saturated rings. The molecule has 1 saturated carbocycles. The Morgan fingerprint density at radius 2 is 2.25 bits per heavy atom. The van der Waals surface area contributed by atoms with E-state index in [-0.39, 0.29) is 18.4 Å². The van der Waals surface area contributed by atoms with Crippen LogP contribution in [-0.2, 0) is 9.59 Å². The van der Waals surface area contributed by atoms with Crippen molar-refractivity contribution < 1.29 is 9.59 Å². The van der Waals surface area contributed by atoms with Gasteiger partial charge in [0, 0.05) is 12.1 Å². The van der Waals surface area contributed by atoms with Crippen molar-refractivity contribution in [3.05, 3.63) is 11.6 Å². The molecule has 4 nitrogen and oxygen atoms in total. The van der Waals surface area contributed by atoms with E-state index in [4.69, 9.17) is 11.6 Å². The minimum absolute atomic E-state index is 0.00404. The van der Waals surface area contributed by atoms with E-state index in [1.807, 2.05) is 6.92 Å². The molecule has 5 heteroatoms. The molecular weight excluding hydrogens is 228 g/mol. The van der Waals surface area contributed by atoms with Gasteiger partial charge in [0.25, 0.3) is 0 Å². The Bertz CT molecular complexity index is 352. The topological polar surface area (TPSA) is 49.4 Å². The first-order valence-corrected chi connectivity index (χ1v) is 5.87. The standard InChI is InChI=1S/C11H15ClN2O2/c1-11(8-3-4-8)10(16)14(6-2-5-12)7-9(15)13-11/h2,5,8H,3-4,6-7H2,1H3,(H,13,15)/b5-2+. The smallest absolute Gasteiger partial charge is 0.249 e. The summed E-state index contributed by atoms with van der Waals surface area (Å²) in [5, 5.41) is 2.82. The maximum Gasteiger partial charge on any atom is 0.249 e. The number of nitrogens with zero attached hydrogens (tertiary/aromatic N) is 1. The maximum absolute atomic E-state index is 12.2. The third kappa shape index (κ3) is 1.94. The van der Waals surface area contributed by atoms with Gasteiger partial charge < -0.3 is 10.2 Å². The summed E-state index contributed by atoms with van der Waals surface area (Å²) in [4.78, 5) is 25.3. The van der Waals surface area contributed by atoms with E-state index in [1.54, 1.807) is 11.0 Å². The number of piperazine rings is 1. The zero-order valence-electron chi connectivity index (χ0n) is 9.20. The highest BCUT2D eigenvalue weighted by atomic mass is 35.5. The first kappa shape index (κ1) is 11.5. The van der Waals surface area contributed by atoms with Crippen LogP contribution in [0.5, 0.6) is 0 Å². The van der Waals surface area contributed by atoms with Gasteiger partial charge in [-0.25, -0.2) is 0 Å². The van der Waals surface area contributed by atoms with Crippen molar-refractivity contribution in [2.24, 2.45) is 5.92 Å².